The van der Waals surface area contributed by atoms with Crippen molar-refractivity contribution >= 4 is 28.1 Å². The molecule has 8 nitrogen and oxygen atoms in total. The first-order chi connectivity index (χ1) is 13.5. The van der Waals surface area contributed by atoms with E-state index in [1.807, 2.05) is 17.5 Å². The van der Waals surface area contributed by atoms with Crippen molar-refractivity contribution in [3.05, 3.63) is 102 Å². The fourth-order valence-corrected chi connectivity index (χ4v) is 3.69. The molecule has 9 heteroatoms. The number of hydrogen-bond donors (Lipinski definition) is 0. The molecule has 3 heterocycles. The van der Waals surface area contributed by atoms with E-state index in [2.05, 4.69) is 4.98 Å². The number of nitro groups is 1. The Morgan fingerprint density at radius 2 is 1.79 bits per heavy atom. The summed E-state index contributed by atoms with van der Waals surface area (Å²) in [6, 6.07) is 13.0. The Labute approximate surface area is 162 Å². The quantitative estimate of drug-likeness (QED) is 0.383. The van der Waals surface area contributed by atoms with Crippen molar-refractivity contribution in [3.8, 4) is 0 Å². The number of rotatable bonds is 5. The Bertz CT molecular complexity index is 1270. The number of nitro benzene ring substituents is 1. The zero-order chi connectivity index (χ0) is 19.7. The second-order valence-electron chi connectivity index (χ2n) is 6.13. The first-order valence-corrected chi connectivity index (χ1v) is 9.26. The van der Waals surface area contributed by atoms with Gasteiger partial charge in [-0.05, 0) is 29.1 Å². The van der Waals surface area contributed by atoms with E-state index in [0.717, 1.165) is 4.88 Å². The molecule has 0 amide bonds. The number of nitrogens with zero attached hydrogens (tertiary/aromatic N) is 4. The monoisotopic (exact) mass is 394 g/mol. The van der Waals surface area contributed by atoms with Gasteiger partial charge in [0.1, 0.15) is 0 Å². The van der Waals surface area contributed by atoms with Crippen LogP contribution in [0.5, 0.6) is 0 Å². The minimum absolute atomic E-state index is 0.0229. The van der Waals surface area contributed by atoms with Gasteiger partial charge in [-0.2, -0.15) is 0 Å². The van der Waals surface area contributed by atoms with E-state index in [0.29, 0.717) is 11.1 Å². The van der Waals surface area contributed by atoms with Crippen molar-refractivity contribution < 1.29 is 4.92 Å². The van der Waals surface area contributed by atoms with Gasteiger partial charge in [0, 0.05) is 23.2 Å². The summed E-state index contributed by atoms with van der Waals surface area (Å²) >= 11 is 1.46. The lowest BCUT2D eigenvalue weighted by Crippen LogP contribution is -2.40. The summed E-state index contributed by atoms with van der Waals surface area (Å²) in [5, 5.41) is 12.7. The van der Waals surface area contributed by atoms with Gasteiger partial charge in [-0.15, -0.1) is 11.3 Å². The molecule has 0 radical (unpaired) electrons. The predicted octanol–water partition coefficient (Wildman–Crippen LogP) is 2.62. The van der Waals surface area contributed by atoms with Crippen molar-refractivity contribution in [2.24, 2.45) is 0 Å². The predicted molar refractivity (Wildman–Crippen MR) is 106 cm³/mol. The SMILES string of the molecule is O=c1c2ncccc2n(Cc2ccc([N+](=O)[O-])cc2)c(=O)n1Cc1cccs1. The van der Waals surface area contributed by atoms with E-state index in [1.54, 1.807) is 24.3 Å². The van der Waals surface area contributed by atoms with Crippen LogP contribution in [0, 0.1) is 10.1 Å². The van der Waals surface area contributed by atoms with Crippen LogP contribution in [0.25, 0.3) is 11.0 Å². The van der Waals surface area contributed by atoms with Crippen LogP contribution in [0.1, 0.15) is 10.4 Å². The molecule has 0 aliphatic rings. The van der Waals surface area contributed by atoms with Crippen molar-refractivity contribution in [3.63, 3.8) is 0 Å². The Hall–Kier alpha value is -3.59. The number of fused-ring (bicyclic) bond motifs is 1. The fraction of sp³-hybridized carbons (Fsp3) is 0.105. The molecule has 0 unspecified atom stereocenters. The Morgan fingerprint density at radius 1 is 1.00 bits per heavy atom. The molecule has 0 N–H and O–H groups in total. The molecule has 1 aromatic carbocycles. The molecule has 0 saturated heterocycles. The van der Waals surface area contributed by atoms with Crippen LogP contribution in [0.3, 0.4) is 0 Å². The van der Waals surface area contributed by atoms with E-state index >= 15 is 0 Å². The highest BCUT2D eigenvalue weighted by atomic mass is 32.1. The highest BCUT2D eigenvalue weighted by Crippen LogP contribution is 2.15. The molecule has 4 aromatic rings. The Kier molecular flexibility index (Phi) is 4.58. The minimum atomic E-state index is -0.476. The summed E-state index contributed by atoms with van der Waals surface area (Å²) in [5.41, 5.74) is 0.439. The van der Waals surface area contributed by atoms with Crippen LogP contribution in [-0.4, -0.2) is 19.0 Å². The molecule has 4 rings (SSSR count). The van der Waals surface area contributed by atoms with Gasteiger partial charge in [-0.25, -0.2) is 9.78 Å². The largest absolute Gasteiger partial charge is 0.332 e. The van der Waals surface area contributed by atoms with Gasteiger partial charge >= 0.3 is 5.69 Å². The third-order valence-corrected chi connectivity index (χ3v) is 5.23. The molecule has 0 saturated carbocycles. The van der Waals surface area contributed by atoms with Crippen LogP contribution < -0.4 is 11.2 Å². The van der Waals surface area contributed by atoms with Crippen molar-refractivity contribution in [1.29, 1.82) is 0 Å². The van der Waals surface area contributed by atoms with E-state index in [9.17, 15) is 19.7 Å². The fourth-order valence-electron chi connectivity index (χ4n) is 3.00. The normalized spacial score (nSPS) is 11.0. The third-order valence-electron chi connectivity index (χ3n) is 4.37. The molecule has 0 atom stereocenters. The molecule has 0 aliphatic carbocycles. The molecule has 28 heavy (non-hydrogen) atoms. The van der Waals surface area contributed by atoms with Gasteiger partial charge in [0.25, 0.3) is 11.2 Å². The number of pyridine rings is 1. The number of benzene rings is 1. The number of non-ortho nitro benzene ring substituents is 1. The van der Waals surface area contributed by atoms with Gasteiger partial charge in [0.05, 0.1) is 23.5 Å². The van der Waals surface area contributed by atoms with Crippen LogP contribution in [-0.2, 0) is 13.1 Å². The summed E-state index contributed by atoms with van der Waals surface area (Å²) in [4.78, 5) is 41.3. The second-order valence-corrected chi connectivity index (χ2v) is 7.17. The van der Waals surface area contributed by atoms with E-state index < -0.39 is 16.2 Å². The number of hydrogen-bond acceptors (Lipinski definition) is 6. The average Bonchev–Trinajstić information content (AvgIpc) is 3.22. The van der Waals surface area contributed by atoms with Crippen LogP contribution in [0.4, 0.5) is 5.69 Å². The van der Waals surface area contributed by atoms with Crippen LogP contribution in [0.2, 0.25) is 0 Å². The molecule has 0 aliphatic heterocycles. The van der Waals surface area contributed by atoms with Crippen LogP contribution in [0.15, 0.2) is 69.7 Å². The maximum absolute atomic E-state index is 13.1. The lowest BCUT2D eigenvalue weighted by molar-refractivity contribution is -0.384. The van der Waals surface area contributed by atoms with Crippen molar-refractivity contribution in [1.82, 2.24) is 14.1 Å². The van der Waals surface area contributed by atoms with E-state index in [1.165, 1.54) is 38.8 Å². The number of aromatic nitrogens is 3. The van der Waals surface area contributed by atoms with Gasteiger partial charge < -0.3 is 0 Å². The third kappa shape index (κ3) is 3.23. The zero-order valence-electron chi connectivity index (χ0n) is 14.5. The summed E-state index contributed by atoms with van der Waals surface area (Å²) < 4.78 is 2.64. The molecule has 0 fully saturated rings. The standard InChI is InChI=1S/C19H14N4O4S/c24-18-17-16(4-1-9-20-17)21(11-13-5-7-14(8-6-13)23(26)27)19(25)22(18)12-15-3-2-10-28-15/h1-10H,11-12H2. The Morgan fingerprint density at radius 3 is 2.46 bits per heavy atom. The second kappa shape index (κ2) is 7.20. The summed E-state index contributed by atoms with van der Waals surface area (Å²) in [7, 11) is 0. The maximum atomic E-state index is 13.1. The zero-order valence-corrected chi connectivity index (χ0v) is 15.3. The average molecular weight is 394 g/mol. The lowest BCUT2D eigenvalue weighted by atomic mass is 10.2. The molecule has 140 valence electrons. The molecule has 0 spiro atoms. The maximum Gasteiger partial charge on any atom is 0.332 e. The smallest absolute Gasteiger partial charge is 0.287 e. The van der Waals surface area contributed by atoms with Gasteiger partial charge in [0.15, 0.2) is 5.52 Å². The van der Waals surface area contributed by atoms with E-state index in [4.69, 9.17) is 0 Å². The van der Waals surface area contributed by atoms with Crippen LogP contribution >= 0.6 is 11.3 Å². The number of thiophene rings is 1. The van der Waals surface area contributed by atoms with Gasteiger partial charge in [0.2, 0.25) is 0 Å². The summed E-state index contributed by atoms with van der Waals surface area (Å²) in [6.45, 7) is 0.339. The Balaban J connectivity index is 1.85. The lowest BCUT2D eigenvalue weighted by Gasteiger charge is -2.13. The first kappa shape index (κ1) is 17.8. The van der Waals surface area contributed by atoms with Crippen molar-refractivity contribution in [2.75, 3.05) is 0 Å². The van der Waals surface area contributed by atoms with Crippen molar-refractivity contribution in [2.45, 2.75) is 13.1 Å². The molecular formula is C19H14N4O4S. The summed E-state index contributed by atoms with van der Waals surface area (Å²) in [5.74, 6) is 0. The van der Waals surface area contributed by atoms with E-state index in [-0.39, 0.29) is 24.3 Å². The minimum Gasteiger partial charge on any atom is -0.287 e. The topological polar surface area (TPSA) is 100 Å². The summed E-state index contributed by atoms with van der Waals surface area (Å²) in [6.07, 6.45) is 1.51. The van der Waals surface area contributed by atoms with Gasteiger partial charge in [-0.3, -0.25) is 24.0 Å². The molecule has 0 bridgehead atoms. The molecular weight excluding hydrogens is 380 g/mol. The highest BCUT2D eigenvalue weighted by molar-refractivity contribution is 7.09. The first-order valence-electron chi connectivity index (χ1n) is 8.38. The molecule has 3 aromatic heterocycles. The van der Waals surface area contributed by atoms with Gasteiger partial charge in [-0.1, -0.05) is 18.2 Å². The highest BCUT2D eigenvalue weighted by Gasteiger charge is 2.15.